The van der Waals surface area contributed by atoms with Crippen molar-refractivity contribution >= 4 is 23.5 Å². The van der Waals surface area contributed by atoms with Crippen molar-refractivity contribution in [2.45, 2.75) is 51.5 Å². The summed E-state index contributed by atoms with van der Waals surface area (Å²) < 4.78 is 4.93. The molecule has 0 bridgehead atoms. The van der Waals surface area contributed by atoms with Crippen molar-refractivity contribution < 1.29 is 14.3 Å². The molecule has 1 saturated carbocycles. The van der Waals surface area contributed by atoms with Gasteiger partial charge in [0, 0.05) is 24.0 Å². The predicted octanol–water partition coefficient (Wildman–Crippen LogP) is 3.61. The molecule has 2 rings (SSSR count). The van der Waals surface area contributed by atoms with Crippen LogP contribution in [0.15, 0.2) is 24.3 Å². The van der Waals surface area contributed by atoms with E-state index in [9.17, 15) is 9.59 Å². The highest BCUT2D eigenvalue weighted by atomic mass is 35.5. The lowest BCUT2D eigenvalue weighted by Gasteiger charge is -2.22. The number of rotatable bonds is 9. The molecular weight excluding hydrogens is 314 g/mol. The Kier molecular flexibility index (Phi) is 6.90. The third-order valence-corrected chi connectivity index (χ3v) is 4.19. The van der Waals surface area contributed by atoms with E-state index < -0.39 is 0 Å². The van der Waals surface area contributed by atoms with Crippen molar-refractivity contribution in [2.24, 2.45) is 0 Å². The Hall–Kier alpha value is -1.55. The number of carbonyl (C=O) groups excluding carboxylic acids is 2. The normalized spacial score (nSPS) is 13.7. The van der Waals surface area contributed by atoms with Crippen molar-refractivity contribution in [1.82, 2.24) is 4.90 Å². The summed E-state index contributed by atoms with van der Waals surface area (Å²) in [6.07, 6.45) is 4.56. The summed E-state index contributed by atoms with van der Waals surface area (Å²) in [5.74, 6) is -0.0853. The van der Waals surface area contributed by atoms with Crippen LogP contribution in [-0.4, -0.2) is 36.0 Å². The molecule has 0 atom stereocenters. The van der Waals surface area contributed by atoms with Gasteiger partial charge >= 0.3 is 5.97 Å². The van der Waals surface area contributed by atoms with Gasteiger partial charge in [-0.1, -0.05) is 23.7 Å². The molecule has 126 valence electrons. The number of aryl methyl sites for hydroxylation is 1. The van der Waals surface area contributed by atoms with E-state index in [4.69, 9.17) is 16.3 Å². The zero-order valence-corrected chi connectivity index (χ0v) is 14.3. The Morgan fingerprint density at radius 1 is 1.22 bits per heavy atom. The highest BCUT2D eigenvalue weighted by Gasteiger charge is 2.32. The zero-order valence-electron chi connectivity index (χ0n) is 13.6. The Bertz CT molecular complexity index is 526. The van der Waals surface area contributed by atoms with Crippen LogP contribution < -0.4 is 0 Å². The molecule has 0 saturated heterocycles. The number of carbonyl (C=O) groups is 2. The van der Waals surface area contributed by atoms with E-state index >= 15 is 0 Å². The molecule has 0 unspecified atom stereocenters. The van der Waals surface area contributed by atoms with E-state index in [1.165, 1.54) is 5.56 Å². The van der Waals surface area contributed by atoms with Crippen LogP contribution in [-0.2, 0) is 20.7 Å². The Balaban J connectivity index is 1.74. The number of esters is 1. The van der Waals surface area contributed by atoms with Crippen LogP contribution in [0.3, 0.4) is 0 Å². The van der Waals surface area contributed by atoms with Gasteiger partial charge in [-0.25, -0.2) is 0 Å². The van der Waals surface area contributed by atoms with Crippen molar-refractivity contribution in [2.75, 3.05) is 13.2 Å². The van der Waals surface area contributed by atoms with Gasteiger partial charge < -0.3 is 9.64 Å². The maximum atomic E-state index is 12.4. The van der Waals surface area contributed by atoms with Crippen LogP contribution in [0.5, 0.6) is 0 Å². The molecule has 0 heterocycles. The second-order valence-corrected chi connectivity index (χ2v) is 6.29. The fourth-order valence-corrected chi connectivity index (χ4v) is 2.71. The topological polar surface area (TPSA) is 46.6 Å². The van der Waals surface area contributed by atoms with E-state index in [0.717, 1.165) is 30.7 Å². The molecule has 0 N–H and O–H groups in total. The van der Waals surface area contributed by atoms with Crippen molar-refractivity contribution in [3.8, 4) is 0 Å². The minimum atomic E-state index is -0.230. The Morgan fingerprint density at radius 2 is 1.91 bits per heavy atom. The van der Waals surface area contributed by atoms with E-state index in [1.807, 2.05) is 29.2 Å². The minimum absolute atomic E-state index is 0.144. The molecule has 1 amide bonds. The number of benzene rings is 1. The molecule has 0 spiro atoms. The molecule has 1 aromatic carbocycles. The average Bonchev–Trinajstić information content (AvgIpc) is 3.34. The number of ether oxygens (including phenoxy) is 1. The molecule has 0 radical (unpaired) electrons. The van der Waals surface area contributed by atoms with Crippen molar-refractivity contribution in [3.63, 3.8) is 0 Å². The summed E-state index contributed by atoms with van der Waals surface area (Å²) in [5.41, 5.74) is 1.19. The summed E-state index contributed by atoms with van der Waals surface area (Å²) in [7, 11) is 0. The van der Waals surface area contributed by atoms with Gasteiger partial charge in [-0.15, -0.1) is 0 Å². The third kappa shape index (κ3) is 6.22. The standard InChI is InChI=1S/C18H24ClNO3/c1-2-23-18(22)12-13-20(16-10-11-16)17(21)5-3-4-14-6-8-15(19)9-7-14/h6-9,16H,2-5,10-13H2,1H3. The second kappa shape index (κ2) is 8.92. The summed E-state index contributed by atoms with van der Waals surface area (Å²) in [6, 6.07) is 8.05. The first-order chi connectivity index (χ1) is 11.1. The lowest BCUT2D eigenvalue weighted by Crippen LogP contribution is -2.35. The van der Waals surface area contributed by atoms with Crippen LogP contribution in [0.4, 0.5) is 0 Å². The first kappa shape index (κ1) is 17.8. The maximum Gasteiger partial charge on any atom is 0.307 e. The van der Waals surface area contributed by atoms with Crippen molar-refractivity contribution in [1.29, 1.82) is 0 Å². The van der Waals surface area contributed by atoms with Gasteiger partial charge in [0.25, 0.3) is 0 Å². The monoisotopic (exact) mass is 337 g/mol. The summed E-state index contributed by atoms with van der Waals surface area (Å²) in [5, 5.41) is 0.726. The number of halogens is 1. The van der Waals surface area contributed by atoms with Gasteiger partial charge in [-0.05, 0) is 50.3 Å². The van der Waals surface area contributed by atoms with Crippen LogP contribution in [0.25, 0.3) is 0 Å². The van der Waals surface area contributed by atoms with Crippen LogP contribution in [0, 0.1) is 0 Å². The zero-order chi connectivity index (χ0) is 16.7. The molecular formula is C18H24ClNO3. The Labute approximate surface area is 142 Å². The molecule has 1 aromatic rings. The van der Waals surface area contributed by atoms with Crippen LogP contribution in [0.2, 0.25) is 5.02 Å². The van der Waals surface area contributed by atoms with Crippen LogP contribution in [0.1, 0.15) is 44.6 Å². The molecule has 1 fully saturated rings. The second-order valence-electron chi connectivity index (χ2n) is 5.85. The molecule has 5 heteroatoms. The number of nitrogens with zero attached hydrogens (tertiary/aromatic N) is 1. The Morgan fingerprint density at radius 3 is 2.52 bits per heavy atom. The molecule has 1 aliphatic rings. The van der Waals surface area contributed by atoms with Gasteiger partial charge in [0.05, 0.1) is 13.0 Å². The van der Waals surface area contributed by atoms with Crippen LogP contribution >= 0.6 is 11.6 Å². The van der Waals surface area contributed by atoms with E-state index in [0.29, 0.717) is 25.6 Å². The lowest BCUT2D eigenvalue weighted by atomic mass is 10.1. The van der Waals surface area contributed by atoms with E-state index in [1.54, 1.807) is 6.92 Å². The molecule has 23 heavy (non-hydrogen) atoms. The maximum absolute atomic E-state index is 12.4. The minimum Gasteiger partial charge on any atom is -0.466 e. The van der Waals surface area contributed by atoms with Crippen molar-refractivity contribution in [3.05, 3.63) is 34.9 Å². The van der Waals surface area contributed by atoms with Gasteiger partial charge in [0.2, 0.25) is 5.91 Å². The van der Waals surface area contributed by atoms with Gasteiger partial charge in [-0.3, -0.25) is 9.59 Å². The summed E-state index contributed by atoms with van der Waals surface area (Å²) >= 11 is 5.86. The first-order valence-electron chi connectivity index (χ1n) is 8.29. The fourth-order valence-electron chi connectivity index (χ4n) is 2.58. The molecule has 0 aliphatic heterocycles. The van der Waals surface area contributed by atoms with Gasteiger partial charge in [-0.2, -0.15) is 0 Å². The molecule has 0 aromatic heterocycles. The quantitative estimate of drug-likeness (QED) is 0.647. The highest BCUT2D eigenvalue weighted by Crippen LogP contribution is 2.28. The van der Waals surface area contributed by atoms with E-state index in [-0.39, 0.29) is 18.3 Å². The largest absolute Gasteiger partial charge is 0.466 e. The molecule has 4 nitrogen and oxygen atoms in total. The summed E-state index contributed by atoms with van der Waals surface area (Å²) in [6.45, 7) is 2.65. The molecule has 1 aliphatic carbocycles. The van der Waals surface area contributed by atoms with E-state index in [2.05, 4.69) is 0 Å². The average molecular weight is 338 g/mol. The smallest absolute Gasteiger partial charge is 0.307 e. The SMILES string of the molecule is CCOC(=O)CCN(C(=O)CCCc1ccc(Cl)cc1)C1CC1. The number of hydrogen-bond donors (Lipinski definition) is 0. The van der Waals surface area contributed by atoms with Gasteiger partial charge in [0.1, 0.15) is 0 Å². The summed E-state index contributed by atoms with van der Waals surface area (Å²) in [4.78, 5) is 25.7. The predicted molar refractivity (Wildman–Crippen MR) is 90.4 cm³/mol. The van der Waals surface area contributed by atoms with Gasteiger partial charge in [0.15, 0.2) is 0 Å². The third-order valence-electron chi connectivity index (χ3n) is 3.94. The number of hydrogen-bond acceptors (Lipinski definition) is 3. The first-order valence-corrected chi connectivity index (χ1v) is 8.67. The number of amides is 1. The fraction of sp³-hybridized carbons (Fsp3) is 0.556. The highest BCUT2D eigenvalue weighted by molar-refractivity contribution is 6.30. The lowest BCUT2D eigenvalue weighted by molar-refractivity contribution is -0.144.